The number of carbonyl (C=O) groups is 16. The van der Waals surface area contributed by atoms with Crippen molar-refractivity contribution in [2.75, 3.05) is 65.5 Å². The van der Waals surface area contributed by atoms with Crippen molar-refractivity contribution in [3.63, 3.8) is 0 Å². The van der Waals surface area contributed by atoms with Gasteiger partial charge in [0.05, 0.1) is 44.1 Å². The molecule has 1 aromatic heterocycles. The van der Waals surface area contributed by atoms with Crippen LogP contribution in [0.25, 0.3) is 10.9 Å². The van der Waals surface area contributed by atoms with Crippen LogP contribution in [0.4, 0.5) is 13.2 Å². The fourth-order valence-corrected chi connectivity index (χ4v) is 17.6. The third kappa shape index (κ3) is 30.7. The molecular weight excluding hydrogens is 1820 g/mol. The first-order valence-corrected chi connectivity index (χ1v) is 46.6. The van der Waals surface area contributed by atoms with Crippen molar-refractivity contribution in [3.8, 4) is 11.5 Å². The number of ketones is 1. The fourth-order valence-electron chi connectivity index (χ4n) is 16.7. The number of para-hydroxylation sites is 1. The van der Waals surface area contributed by atoms with Crippen LogP contribution in [-0.4, -0.2) is 312 Å². The molecule has 43 heteroatoms. The summed E-state index contributed by atoms with van der Waals surface area (Å²) in [6.07, 6.45) is -4.72. The number of H-pyrrole nitrogens is 1. The van der Waals surface area contributed by atoms with E-state index in [0.29, 0.717) is 63.7 Å². The maximum atomic E-state index is 15.3. The number of nitrogens with two attached hydrogens (primary N) is 2. The molecule has 3 saturated heterocycles. The number of β-amino-alcohol motifs (C(OH)–C–C–N with tert-alkyl or cyclic N) is 1. The number of fused-ring (bicyclic) bond motifs is 1. The van der Waals surface area contributed by atoms with Crippen LogP contribution >= 0.6 is 11.8 Å². The molecule has 0 spiro atoms. The van der Waals surface area contributed by atoms with E-state index in [-0.39, 0.29) is 75.6 Å². The van der Waals surface area contributed by atoms with E-state index < -0.39 is 277 Å². The lowest BCUT2D eigenvalue weighted by Gasteiger charge is -2.37. The number of phenols is 2. The fraction of sp³-hybridized carbons (Fsp3) is 0.495. The van der Waals surface area contributed by atoms with E-state index in [9.17, 15) is 82.7 Å². The predicted molar refractivity (Wildman–Crippen MR) is 496 cm³/mol. The Kier molecular flexibility index (Phi) is 40.0. The van der Waals surface area contributed by atoms with Gasteiger partial charge in [0.2, 0.25) is 76.8 Å². The maximum Gasteiger partial charge on any atom is 0.305 e. The summed E-state index contributed by atoms with van der Waals surface area (Å²) in [5.74, 6) is -24.5. The van der Waals surface area contributed by atoms with Gasteiger partial charge in [-0.3, -0.25) is 81.6 Å². The SMILES string of the molecule is CCCC[C@@H](C(=O)N1C[C@H](O)C[C@@H]1C(=O)N[C@@H](CC(=O)O)C(=O)N[C@H](C(=O)N(C)[C@@H](Cc1ccccc1)C(C)=O)C(C)C)N(C)C(=O)C(CCC(=O)O)N(C)C(=O)[C@H](Cc1cc(F)c(F)c(F)c1)NC(=O)CSC[C@H](NC(=O)[C@H](CC(C)C)NC(=O)[C@H](Cc1ccc(O)cc1)NC(=O)[C@H](Cc1c[nH]c2ccccc12)NC(=O)[C@H]1COCCN1C1OC1[C@@H](N)Cc1ccc(O)cc1)C(=O)NCC(N)=O. The second kappa shape index (κ2) is 50.8. The van der Waals surface area contributed by atoms with Crippen molar-refractivity contribution in [1.82, 2.24) is 72.0 Å². The number of nitrogens with zero attached hydrogens (tertiary/aromatic N) is 5. The number of carboxylic acid groups (broad SMARTS) is 2. The zero-order chi connectivity index (χ0) is 101. The van der Waals surface area contributed by atoms with E-state index in [2.05, 4.69) is 47.5 Å². The lowest BCUT2D eigenvalue weighted by atomic mass is 9.98. The summed E-state index contributed by atoms with van der Waals surface area (Å²) in [7, 11) is 3.49. The largest absolute Gasteiger partial charge is 0.508 e. The molecule has 748 valence electrons. The number of carbonyl (C=O) groups excluding carboxylic acids is 14. The van der Waals surface area contributed by atoms with Crippen molar-refractivity contribution in [3.05, 3.63) is 167 Å². The number of hydrogen-bond acceptors (Lipinski definition) is 24. The number of nitrogens with one attached hydrogen (secondary N) is 9. The average molecular weight is 1950 g/mol. The van der Waals surface area contributed by atoms with Gasteiger partial charge in [-0.05, 0) is 121 Å². The van der Waals surface area contributed by atoms with E-state index in [1.807, 2.05) is 12.1 Å². The van der Waals surface area contributed by atoms with Gasteiger partial charge >= 0.3 is 11.9 Å². The minimum atomic E-state index is -2.01. The molecule has 0 radical (unpaired) electrons. The number of primary amides is 1. The van der Waals surface area contributed by atoms with Crippen molar-refractivity contribution in [1.29, 1.82) is 0 Å². The highest BCUT2D eigenvalue weighted by molar-refractivity contribution is 8.00. The number of aliphatic hydroxyl groups is 1. The Morgan fingerprint density at radius 2 is 1.15 bits per heavy atom. The Labute approximate surface area is 799 Å². The molecule has 6 aromatic rings. The van der Waals surface area contributed by atoms with Crippen molar-refractivity contribution >= 4 is 117 Å². The lowest BCUT2D eigenvalue weighted by Crippen LogP contribution is -2.61. The monoisotopic (exact) mass is 1940 g/mol. The van der Waals surface area contributed by atoms with Crippen molar-refractivity contribution < 1.29 is 125 Å². The number of aliphatic carboxylic acids is 2. The van der Waals surface area contributed by atoms with Crippen LogP contribution in [0.3, 0.4) is 0 Å². The zero-order valence-electron chi connectivity index (χ0n) is 78.1. The number of aromatic hydroxyl groups is 2. The second-order valence-electron chi connectivity index (χ2n) is 35.6. The van der Waals surface area contributed by atoms with E-state index >= 15 is 32.8 Å². The number of rotatable bonds is 51. The number of unbranched alkanes of at least 4 members (excludes halogenated alkanes) is 1. The van der Waals surface area contributed by atoms with Gasteiger partial charge in [-0.25, -0.2) is 13.2 Å². The summed E-state index contributed by atoms with van der Waals surface area (Å²) in [4.78, 5) is 236. The van der Waals surface area contributed by atoms with Crippen LogP contribution < -0.4 is 54.0 Å². The zero-order valence-corrected chi connectivity index (χ0v) is 78.9. The molecular formula is C95H123F3N16O23S. The van der Waals surface area contributed by atoms with Gasteiger partial charge in [0.15, 0.2) is 23.2 Å². The molecule has 0 bridgehead atoms. The molecule has 18 N–H and O–H groups in total. The smallest absolute Gasteiger partial charge is 0.305 e. The van der Waals surface area contributed by atoms with Crippen LogP contribution in [0.15, 0.2) is 121 Å². The first-order chi connectivity index (χ1) is 65.4. The number of phenolic OH excluding ortho intramolecular Hbond substituents is 2. The molecule has 9 rings (SSSR count). The molecule has 16 atom stereocenters. The average Bonchev–Trinajstić information content (AvgIpc) is 1.62. The van der Waals surface area contributed by atoms with E-state index in [1.165, 1.54) is 50.4 Å². The number of aliphatic hydroxyl groups excluding tert-OH is 1. The van der Waals surface area contributed by atoms with Gasteiger partial charge in [0, 0.05) is 95.2 Å². The highest BCUT2D eigenvalue weighted by Gasteiger charge is 2.53. The highest BCUT2D eigenvalue weighted by atomic mass is 32.2. The van der Waals surface area contributed by atoms with Gasteiger partial charge in [-0.2, -0.15) is 0 Å². The van der Waals surface area contributed by atoms with Gasteiger partial charge < -0.3 is 114 Å². The molecule has 5 aromatic carbocycles. The number of amides is 13. The van der Waals surface area contributed by atoms with Gasteiger partial charge in [-0.15, -0.1) is 11.8 Å². The van der Waals surface area contributed by atoms with Crippen LogP contribution in [-0.2, 0) is 118 Å². The number of likely N-dealkylation sites (tertiary alicyclic amines) is 1. The van der Waals surface area contributed by atoms with E-state index in [0.717, 1.165) is 39.9 Å². The lowest BCUT2D eigenvalue weighted by molar-refractivity contribution is -0.153. The third-order valence-electron chi connectivity index (χ3n) is 24.2. The van der Waals surface area contributed by atoms with E-state index in [1.54, 1.807) is 100 Å². The number of hydrogen-bond donors (Lipinski definition) is 16. The summed E-state index contributed by atoms with van der Waals surface area (Å²) in [5, 5.41) is 72.8. The molecule has 0 saturated carbocycles. The predicted octanol–water partition coefficient (Wildman–Crippen LogP) is 1.25. The molecule has 4 heterocycles. The van der Waals surface area contributed by atoms with Crippen LogP contribution in [0.2, 0.25) is 0 Å². The number of ether oxygens (including phenoxy) is 2. The van der Waals surface area contributed by atoms with E-state index in [4.69, 9.17) is 20.9 Å². The number of morpholine rings is 1. The van der Waals surface area contributed by atoms with Crippen LogP contribution in [0.5, 0.6) is 11.5 Å². The number of thioether (sulfide) groups is 1. The maximum absolute atomic E-state index is 15.3. The Morgan fingerprint density at radius 1 is 0.594 bits per heavy atom. The Bertz CT molecular complexity index is 5310. The molecule has 13 amide bonds. The Morgan fingerprint density at radius 3 is 1.76 bits per heavy atom. The number of epoxide rings is 1. The number of likely N-dealkylation sites (N-methyl/N-ethyl adjacent to an activating group) is 3. The Balaban J connectivity index is 0.919. The number of aromatic nitrogens is 1. The van der Waals surface area contributed by atoms with Crippen molar-refractivity contribution in [2.24, 2.45) is 23.3 Å². The number of Topliss-reactive ketones (excluding diaryl/α,β-unsaturated/α-hetero) is 1. The first kappa shape index (κ1) is 109. The number of benzene rings is 5. The number of halogens is 3. The first-order valence-electron chi connectivity index (χ1n) is 45.4. The van der Waals surface area contributed by atoms with Gasteiger partial charge in [0.1, 0.15) is 90.3 Å². The third-order valence-corrected chi connectivity index (χ3v) is 25.3. The molecule has 3 aliphatic rings. The molecule has 39 nitrogen and oxygen atoms in total. The standard InChI is InChI=1S/C95H123F3N16O23S/c1-10-11-21-72(93(134)114-46-60(118)42-75(114)89(130)107-69(43-80(123)124)88(129)109-82(51(4)5)94(135)112(9)74(52(6)115)40-53-17-13-12-14-18-53)111(8)92(133)73(30-31-79(121)122)110(7)91(132)70(39-56-35-62(96)81(98)63(97)36-56)103-78(120)49-138-48-71(84(125)102-45-77(100)119)108-85(126)66(34-50(2)3)104-86(127)67(38-55-24-28-59(117)29-25-55)105-87(128)68(41-57-44-101-65-20-16-15-19-61(57)65)106-90(131)76-47-136-33-32-113(76)95-83(137-95)64(99)37-54-22-26-58(116)27-23-54/h12-20,22-29,35-36,44,50-51,60,64,66-76,82-83,95,101,116-118H,10-11,21,30-34,37-43,45-49,99H2,1-9H3,(H2,100,119)(H,102,125)(H,103,120)(H,104,127)(H,105,128)(H,106,131)(H,107,130)(H,108,126)(H,109,129)(H,121,122)(H,123,124)/t60-,64+,66+,67+,68+,69+,70+,71+,72+,73?,74+,75-,76-,82+,83?,95?/m1/s1. The number of aromatic amines is 1. The molecule has 0 aliphatic carbocycles. The summed E-state index contributed by atoms with van der Waals surface area (Å²) in [6.45, 7) is 8.55. The second-order valence-corrected chi connectivity index (χ2v) is 36.6. The minimum absolute atomic E-state index is 0.0772. The van der Waals surface area contributed by atoms with Crippen molar-refractivity contribution in [2.45, 2.75) is 222 Å². The molecule has 3 fully saturated rings. The molecule has 3 unspecified atom stereocenters. The number of carboxylic acids is 2. The Hall–Kier alpha value is -13.1. The molecule has 138 heavy (non-hydrogen) atoms. The highest BCUT2D eigenvalue weighted by Crippen LogP contribution is 2.34. The van der Waals surface area contributed by atoms with Crippen LogP contribution in [0, 0.1) is 29.3 Å². The van der Waals surface area contributed by atoms with Crippen LogP contribution in [0.1, 0.15) is 121 Å². The topological polar surface area (TPSA) is 576 Å². The summed E-state index contributed by atoms with van der Waals surface area (Å²) in [5.41, 5.74) is 14.9. The normalized spacial score (nSPS) is 18.2. The molecule has 3 aliphatic heterocycles. The quantitative estimate of drug-likeness (QED) is 0.0189. The van der Waals surface area contributed by atoms with Gasteiger partial charge in [0.25, 0.3) is 0 Å². The summed E-state index contributed by atoms with van der Waals surface area (Å²) in [6, 6.07) is 9.81. The minimum Gasteiger partial charge on any atom is -0.508 e. The summed E-state index contributed by atoms with van der Waals surface area (Å²) < 4.78 is 56.8. The van der Waals surface area contributed by atoms with Gasteiger partial charge in [-0.1, -0.05) is 120 Å². The summed E-state index contributed by atoms with van der Waals surface area (Å²) >= 11 is 0.614.